The maximum atomic E-state index is 9.87. The molecule has 6 heteroatoms. The quantitative estimate of drug-likeness (QED) is 0.783. The number of hydrogen-bond acceptors (Lipinski definition) is 4. The van der Waals surface area contributed by atoms with E-state index in [9.17, 15) is 5.11 Å². The maximum Gasteiger partial charge on any atom is 0.159 e. The van der Waals surface area contributed by atoms with E-state index >= 15 is 0 Å². The van der Waals surface area contributed by atoms with Crippen molar-refractivity contribution >= 4 is 15.9 Å². The van der Waals surface area contributed by atoms with Gasteiger partial charge in [0.15, 0.2) is 6.29 Å². The topological polar surface area (TPSA) is 61.4 Å². The van der Waals surface area contributed by atoms with Crippen molar-refractivity contribution < 1.29 is 9.84 Å². The number of nitrogens with one attached hydrogen (secondary N) is 1. The van der Waals surface area contributed by atoms with Gasteiger partial charge in [-0.2, -0.15) is 0 Å². The van der Waals surface area contributed by atoms with E-state index < -0.39 is 6.29 Å². The molecule has 1 unspecified atom stereocenters. The maximum absolute atomic E-state index is 9.87. The molecular formula is C17H22BrN3O2. The predicted octanol–water partition coefficient (Wildman–Crippen LogP) is 3.11. The van der Waals surface area contributed by atoms with E-state index in [4.69, 9.17) is 9.72 Å². The number of imidazole rings is 1. The largest absolute Gasteiger partial charge is 0.368 e. The van der Waals surface area contributed by atoms with Gasteiger partial charge in [-0.3, -0.25) is 4.90 Å². The molecule has 0 radical (unpaired) electrons. The van der Waals surface area contributed by atoms with Crippen LogP contribution in [0.15, 0.2) is 28.7 Å². The van der Waals surface area contributed by atoms with Gasteiger partial charge in [0.1, 0.15) is 5.82 Å². The van der Waals surface area contributed by atoms with Crippen LogP contribution < -0.4 is 0 Å². The minimum atomic E-state index is -0.834. The summed E-state index contributed by atoms with van der Waals surface area (Å²) < 4.78 is 6.04. The van der Waals surface area contributed by atoms with Crippen molar-refractivity contribution in [2.75, 3.05) is 20.7 Å². The Kier molecular flexibility index (Phi) is 5.16. The summed E-state index contributed by atoms with van der Waals surface area (Å²) in [5.41, 5.74) is 2.84. The monoisotopic (exact) mass is 379 g/mol. The molecule has 0 saturated carbocycles. The SMILES string of the molecule is COC(O)Cc1[nH]c([C@@H]2CCCN2C)nc1-c1ccc(Br)cc1. The number of aliphatic hydroxyl groups excluding tert-OH is 1. The van der Waals surface area contributed by atoms with Crippen molar-refractivity contribution in [3.63, 3.8) is 0 Å². The van der Waals surface area contributed by atoms with Crippen molar-refractivity contribution in [1.82, 2.24) is 14.9 Å². The number of ether oxygens (including phenoxy) is 1. The fourth-order valence-corrected chi connectivity index (χ4v) is 3.36. The summed E-state index contributed by atoms with van der Waals surface area (Å²) in [7, 11) is 3.63. The van der Waals surface area contributed by atoms with Crippen molar-refractivity contribution in [2.45, 2.75) is 31.6 Å². The molecule has 0 aliphatic carbocycles. The summed E-state index contributed by atoms with van der Waals surface area (Å²) in [5, 5.41) is 9.87. The lowest BCUT2D eigenvalue weighted by Gasteiger charge is -2.16. The second-order valence-corrected chi connectivity index (χ2v) is 6.90. The van der Waals surface area contributed by atoms with Crippen molar-refractivity contribution in [3.05, 3.63) is 40.3 Å². The third-order valence-electron chi connectivity index (χ3n) is 4.40. The molecule has 1 fully saturated rings. The minimum Gasteiger partial charge on any atom is -0.368 e. The number of aromatic amines is 1. The standard InChI is InChI=1S/C17H22BrN3O2/c1-21-9-3-4-14(21)17-19-13(10-15(22)23-2)16(20-17)11-5-7-12(18)8-6-11/h5-8,14-15,22H,3-4,9-10H2,1-2H3,(H,19,20)/t14-,15?/m0/s1. The summed E-state index contributed by atoms with van der Waals surface area (Å²) in [5.74, 6) is 0.973. The fourth-order valence-electron chi connectivity index (χ4n) is 3.10. The summed E-state index contributed by atoms with van der Waals surface area (Å²) in [6, 6.07) is 8.39. The lowest BCUT2D eigenvalue weighted by Crippen LogP contribution is -2.18. The predicted molar refractivity (Wildman–Crippen MR) is 93.0 cm³/mol. The van der Waals surface area contributed by atoms with Gasteiger partial charge in [-0.15, -0.1) is 0 Å². The number of nitrogens with zero attached hydrogens (tertiary/aromatic N) is 2. The Morgan fingerprint density at radius 3 is 2.78 bits per heavy atom. The Morgan fingerprint density at radius 1 is 1.43 bits per heavy atom. The first-order valence-corrected chi connectivity index (χ1v) is 8.63. The first-order valence-electron chi connectivity index (χ1n) is 7.84. The average Bonchev–Trinajstić information content (AvgIpc) is 3.14. The molecule has 1 aromatic heterocycles. The second kappa shape index (κ2) is 7.13. The van der Waals surface area contributed by atoms with Crippen molar-refractivity contribution in [3.8, 4) is 11.3 Å². The normalized spacial score (nSPS) is 20.1. The van der Waals surface area contributed by atoms with Gasteiger partial charge in [0.25, 0.3) is 0 Å². The number of aliphatic hydroxyl groups is 1. The Bertz CT molecular complexity index is 656. The molecule has 2 aromatic rings. The highest BCUT2D eigenvalue weighted by molar-refractivity contribution is 9.10. The van der Waals surface area contributed by atoms with E-state index in [1.165, 1.54) is 13.5 Å². The van der Waals surface area contributed by atoms with Gasteiger partial charge in [0.05, 0.1) is 11.7 Å². The van der Waals surface area contributed by atoms with E-state index in [1.807, 2.05) is 24.3 Å². The third-order valence-corrected chi connectivity index (χ3v) is 4.93. The van der Waals surface area contributed by atoms with E-state index in [0.29, 0.717) is 12.5 Å². The van der Waals surface area contributed by atoms with Crippen LogP contribution in [0.2, 0.25) is 0 Å². The molecule has 0 amide bonds. The van der Waals surface area contributed by atoms with E-state index in [2.05, 4.69) is 32.9 Å². The molecule has 2 N–H and O–H groups in total. The first kappa shape index (κ1) is 16.6. The Morgan fingerprint density at radius 2 is 2.17 bits per heavy atom. The highest BCUT2D eigenvalue weighted by atomic mass is 79.9. The number of aromatic nitrogens is 2. The van der Waals surface area contributed by atoms with Crippen LogP contribution in [0.25, 0.3) is 11.3 Å². The van der Waals surface area contributed by atoms with Crippen LogP contribution in [0.5, 0.6) is 0 Å². The van der Waals surface area contributed by atoms with Crippen LogP contribution in [0.1, 0.15) is 30.4 Å². The smallest absolute Gasteiger partial charge is 0.159 e. The van der Waals surface area contributed by atoms with Crippen LogP contribution >= 0.6 is 15.9 Å². The minimum absolute atomic E-state index is 0.317. The first-order chi connectivity index (χ1) is 11.1. The van der Waals surface area contributed by atoms with Gasteiger partial charge >= 0.3 is 0 Å². The molecule has 1 aromatic carbocycles. The average molecular weight is 380 g/mol. The highest BCUT2D eigenvalue weighted by Crippen LogP contribution is 2.32. The van der Waals surface area contributed by atoms with Crippen LogP contribution in [0.4, 0.5) is 0 Å². The molecule has 5 nitrogen and oxygen atoms in total. The molecule has 1 saturated heterocycles. The van der Waals surface area contributed by atoms with Crippen LogP contribution in [-0.4, -0.2) is 47.0 Å². The number of benzene rings is 1. The van der Waals surface area contributed by atoms with Crippen LogP contribution in [-0.2, 0) is 11.2 Å². The van der Waals surface area contributed by atoms with E-state index in [1.54, 1.807) is 0 Å². The van der Waals surface area contributed by atoms with Gasteiger partial charge in [0.2, 0.25) is 0 Å². The lowest BCUT2D eigenvalue weighted by molar-refractivity contribution is -0.0724. The Labute approximate surface area is 144 Å². The fraction of sp³-hybridized carbons (Fsp3) is 0.471. The zero-order valence-corrected chi connectivity index (χ0v) is 15.0. The molecule has 0 spiro atoms. The van der Waals surface area contributed by atoms with Crippen LogP contribution in [0.3, 0.4) is 0 Å². The number of hydrogen-bond donors (Lipinski definition) is 2. The van der Waals surface area contributed by atoms with Gasteiger partial charge in [-0.25, -0.2) is 4.98 Å². The van der Waals surface area contributed by atoms with Gasteiger partial charge < -0.3 is 14.8 Å². The summed E-state index contributed by atoms with van der Waals surface area (Å²) in [4.78, 5) is 10.6. The number of methoxy groups -OCH3 is 1. The third kappa shape index (κ3) is 3.66. The van der Waals surface area contributed by atoms with Crippen molar-refractivity contribution in [2.24, 2.45) is 0 Å². The lowest BCUT2D eigenvalue weighted by atomic mass is 10.1. The number of likely N-dealkylation sites (tertiary alicyclic amines) is 1. The van der Waals surface area contributed by atoms with E-state index in [0.717, 1.165) is 40.2 Å². The molecule has 124 valence electrons. The van der Waals surface area contributed by atoms with Gasteiger partial charge in [-0.1, -0.05) is 28.1 Å². The molecule has 3 rings (SSSR count). The Balaban J connectivity index is 1.97. The molecule has 1 aliphatic heterocycles. The number of halogens is 1. The van der Waals surface area contributed by atoms with E-state index in [-0.39, 0.29) is 0 Å². The molecule has 0 bridgehead atoms. The molecular weight excluding hydrogens is 358 g/mol. The summed E-state index contributed by atoms with van der Waals surface area (Å²) in [6.45, 7) is 1.09. The molecule has 23 heavy (non-hydrogen) atoms. The van der Waals surface area contributed by atoms with Gasteiger partial charge in [0, 0.05) is 29.3 Å². The zero-order valence-electron chi connectivity index (χ0n) is 13.4. The number of H-pyrrole nitrogens is 1. The van der Waals surface area contributed by atoms with Crippen LogP contribution in [0, 0.1) is 0 Å². The summed E-state index contributed by atoms with van der Waals surface area (Å²) in [6.07, 6.45) is 1.85. The summed E-state index contributed by atoms with van der Waals surface area (Å²) >= 11 is 3.46. The highest BCUT2D eigenvalue weighted by Gasteiger charge is 2.27. The second-order valence-electron chi connectivity index (χ2n) is 5.99. The molecule has 1 aliphatic rings. The molecule has 2 atom stereocenters. The molecule has 2 heterocycles. The Hall–Kier alpha value is -1.21. The zero-order chi connectivity index (χ0) is 16.4. The van der Waals surface area contributed by atoms with Gasteiger partial charge in [-0.05, 0) is 38.6 Å². The number of rotatable bonds is 5. The van der Waals surface area contributed by atoms with Crippen molar-refractivity contribution in [1.29, 1.82) is 0 Å².